The summed E-state index contributed by atoms with van der Waals surface area (Å²) in [7, 11) is 0. The number of carbonyl (C=O) groups excluding carboxylic acids is 3. The Hall–Kier alpha value is -2.27. The highest BCUT2D eigenvalue weighted by Crippen LogP contribution is 2.41. The number of amides is 2. The molecule has 0 spiro atoms. The first-order valence-electron chi connectivity index (χ1n) is 10.2. The summed E-state index contributed by atoms with van der Waals surface area (Å²) in [5.41, 5.74) is 3.38. The molecular formula is C21H27N2O7S+. The second-order valence-corrected chi connectivity index (χ2v) is 8.90. The van der Waals surface area contributed by atoms with E-state index in [2.05, 4.69) is 34.7 Å². The summed E-state index contributed by atoms with van der Waals surface area (Å²) in [6, 6.07) is 5.96. The first-order valence-corrected chi connectivity index (χ1v) is 11.0. The number of imide groups is 1. The number of hydrogen-bond acceptors (Lipinski definition) is 8. The van der Waals surface area contributed by atoms with Crippen molar-refractivity contribution in [1.82, 2.24) is 5.06 Å². The van der Waals surface area contributed by atoms with Crippen LogP contribution in [0.1, 0.15) is 64.9 Å². The SMILES string of the molecule is CC1=[N+](CCCCCC(=O)ON2C(=O)CCC2=O)c2ccc(SOOO)cc2C1(C)C. The van der Waals surface area contributed by atoms with Crippen LogP contribution in [-0.4, -0.2) is 44.9 Å². The van der Waals surface area contributed by atoms with Crippen LogP contribution in [0.5, 0.6) is 0 Å². The van der Waals surface area contributed by atoms with Crippen molar-refractivity contribution < 1.29 is 38.4 Å². The van der Waals surface area contributed by atoms with Gasteiger partial charge in [0.25, 0.3) is 11.8 Å². The van der Waals surface area contributed by atoms with Crippen LogP contribution in [0.3, 0.4) is 0 Å². The van der Waals surface area contributed by atoms with E-state index < -0.39 is 17.8 Å². The van der Waals surface area contributed by atoms with Gasteiger partial charge < -0.3 is 4.84 Å². The second-order valence-electron chi connectivity index (χ2n) is 8.12. The van der Waals surface area contributed by atoms with Crippen molar-refractivity contribution >= 4 is 41.2 Å². The van der Waals surface area contributed by atoms with E-state index in [0.29, 0.717) is 11.5 Å². The van der Waals surface area contributed by atoms with Gasteiger partial charge in [0.1, 0.15) is 6.54 Å². The molecule has 2 heterocycles. The van der Waals surface area contributed by atoms with Crippen LogP contribution in [0.15, 0.2) is 23.1 Å². The number of hydrogen-bond donors (Lipinski definition) is 1. The third-order valence-corrected chi connectivity index (χ3v) is 6.44. The van der Waals surface area contributed by atoms with Crippen LogP contribution in [-0.2, 0) is 34.0 Å². The fourth-order valence-corrected chi connectivity index (χ4v) is 4.28. The van der Waals surface area contributed by atoms with Crippen LogP contribution >= 0.6 is 12.0 Å². The smallest absolute Gasteiger partial charge is 0.330 e. The highest BCUT2D eigenvalue weighted by molar-refractivity contribution is 7.94. The van der Waals surface area contributed by atoms with Crippen LogP contribution in [0.25, 0.3) is 0 Å². The van der Waals surface area contributed by atoms with Crippen molar-refractivity contribution in [1.29, 1.82) is 0 Å². The molecule has 0 atom stereocenters. The molecule has 10 heteroatoms. The maximum atomic E-state index is 11.9. The van der Waals surface area contributed by atoms with Crippen molar-refractivity contribution in [2.45, 2.75) is 69.6 Å². The van der Waals surface area contributed by atoms with Gasteiger partial charge in [-0.05, 0) is 38.8 Å². The Morgan fingerprint density at radius 1 is 1.19 bits per heavy atom. The Labute approximate surface area is 185 Å². The summed E-state index contributed by atoms with van der Waals surface area (Å²) in [5, 5.41) is 12.6. The first kappa shape index (κ1) is 23.4. The Morgan fingerprint density at radius 2 is 1.90 bits per heavy atom. The highest BCUT2D eigenvalue weighted by Gasteiger charge is 2.43. The molecule has 0 saturated carbocycles. The van der Waals surface area contributed by atoms with Gasteiger partial charge in [0.2, 0.25) is 5.69 Å². The lowest BCUT2D eigenvalue weighted by atomic mass is 9.82. The van der Waals surface area contributed by atoms with Crippen LogP contribution in [0.2, 0.25) is 0 Å². The van der Waals surface area contributed by atoms with Gasteiger partial charge in [-0.15, -0.1) is 9.40 Å². The zero-order chi connectivity index (χ0) is 22.6. The molecule has 9 nitrogen and oxygen atoms in total. The highest BCUT2D eigenvalue weighted by atomic mass is 32.2. The molecule has 31 heavy (non-hydrogen) atoms. The number of rotatable bonds is 10. The molecule has 1 aromatic rings. The number of unbranched alkanes of at least 4 members (excludes halogenated alkanes) is 2. The molecule has 0 aliphatic carbocycles. The average Bonchev–Trinajstić information content (AvgIpc) is 3.15. The zero-order valence-electron chi connectivity index (χ0n) is 17.9. The molecule has 2 aliphatic rings. The monoisotopic (exact) mass is 451 g/mol. The van der Waals surface area contributed by atoms with E-state index in [1.54, 1.807) is 0 Å². The second kappa shape index (κ2) is 9.90. The Morgan fingerprint density at radius 3 is 2.58 bits per heavy atom. The molecule has 0 bridgehead atoms. The van der Waals surface area contributed by atoms with Gasteiger partial charge in [-0.3, -0.25) is 9.59 Å². The first-order chi connectivity index (χ1) is 14.8. The fourth-order valence-electron chi connectivity index (χ4n) is 3.88. The zero-order valence-corrected chi connectivity index (χ0v) is 18.7. The van der Waals surface area contributed by atoms with Crippen LogP contribution in [0.4, 0.5) is 5.69 Å². The molecule has 168 valence electrons. The summed E-state index contributed by atoms with van der Waals surface area (Å²) < 4.78 is 6.82. The summed E-state index contributed by atoms with van der Waals surface area (Å²) in [5.74, 6) is -1.48. The average molecular weight is 452 g/mol. The lowest BCUT2D eigenvalue weighted by Crippen LogP contribution is -2.31. The number of carbonyl (C=O) groups is 3. The van der Waals surface area contributed by atoms with E-state index in [0.717, 1.165) is 42.0 Å². The lowest BCUT2D eigenvalue weighted by Gasteiger charge is -2.15. The minimum atomic E-state index is -0.557. The number of hydroxylamine groups is 2. The van der Waals surface area contributed by atoms with Gasteiger partial charge in [0, 0.05) is 49.1 Å². The molecule has 3 rings (SSSR count). The fraction of sp³-hybridized carbons (Fsp3) is 0.524. The van der Waals surface area contributed by atoms with Crippen molar-refractivity contribution in [3.05, 3.63) is 23.8 Å². The number of nitrogens with zero attached hydrogens (tertiary/aromatic N) is 2. The van der Waals surface area contributed by atoms with E-state index in [1.165, 1.54) is 11.3 Å². The molecule has 1 saturated heterocycles. The van der Waals surface area contributed by atoms with E-state index in [4.69, 9.17) is 10.1 Å². The minimum absolute atomic E-state index is 0.0953. The minimum Gasteiger partial charge on any atom is -0.330 e. The molecular weight excluding hydrogens is 424 g/mol. The summed E-state index contributed by atoms with van der Waals surface area (Å²) in [4.78, 5) is 40.6. The Kier molecular flexibility index (Phi) is 7.47. The van der Waals surface area contributed by atoms with Crippen LogP contribution in [0, 0.1) is 0 Å². The topological polar surface area (TPSA) is 105 Å². The van der Waals surface area contributed by atoms with E-state index in [-0.39, 0.29) is 24.7 Å². The van der Waals surface area contributed by atoms with Gasteiger partial charge in [0.15, 0.2) is 5.71 Å². The van der Waals surface area contributed by atoms with Crippen molar-refractivity contribution in [2.75, 3.05) is 6.54 Å². The predicted octanol–water partition coefficient (Wildman–Crippen LogP) is 3.68. The maximum absolute atomic E-state index is 11.9. The van der Waals surface area contributed by atoms with Crippen molar-refractivity contribution in [2.24, 2.45) is 0 Å². The summed E-state index contributed by atoms with van der Waals surface area (Å²) in [6.07, 6.45) is 2.66. The summed E-state index contributed by atoms with van der Waals surface area (Å²) >= 11 is 0.939. The predicted molar refractivity (Wildman–Crippen MR) is 111 cm³/mol. The largest absolute Gasteiger partial charge is 0.333 e. The van der Waals surface area contributed by atoms with Gasteiger partial charge in [-0.2, -0.15) is 4.58 Å². The number of fused-ring (bicyclic) bond motifs is 1. The molecule has 1 N–H and O–H groups in total. The van der Waals surface area contributed by atoms with E-state index in [1.807, 2.05) is 18.2 Å². The van der Waals surface area contributed by atoms with Crippen molar-refractivity contribution in [3.8, 4) is 0 Å². The number of benzene rings is 1. The van der Waals surface area contributed by atoms with Crippen molar-refractivity contribution in [3.63, 3.8) is 0 Å². The standard InChI is InChI=1S/C21H26N2O7S/c1-14-21(2,3)16-13-15(31-30-29-27)8-9-17(16)22(14)12-6-4-5-7-20(26)28-23-18(24)10-11-19(23)25/h8-9,13H,4-7,10-12H2,1-3H3/p+1. The molecule has 1 fully saturated rings. The molecule has 0 unspecified atom stereocenters. The summed E-state index contributed by atoms with van der Waals surface area (Å²) in [6.45, 7) is 7.25. The van der Waals surface area contributed by atoms with Gasteiger partial charge in [-0.25, -0.2) is 10.1 Å². The third-order valence-electron chi connectivity index (χ3n) is 5.86. The van der Waals surface area contributed by atoms with E-state index in [9.17, 15) is 14.4 Å². The maximum Gasteiger partial charge on any atom is 0.333 e. The molecule has 2 amide bonds. The quantitative estimate of drug-likeness (QED) is 0.143. The molecule has 1 aromatic carbocycles. The third kappa shape index (κ3) is 5.15. The molecule has 2 aliphatic heterocycles. The Balaban J connectivity index is 1.50. The normalized spacial score (nSPS) is 17.5. The lowest BCUT2D eigenvalue weighted by molar-refractivity contribution is -0.439. The molecule has 0 aromatic heterocycles. The van der Waals surface area contributed by atoms with Crippen LogP contribution < -0.4 is 0 Å². The van der Waals surface area contributed by atoms with Gasteiger partial charge in [0.05, 0.1) is 17.5 Å². The van der Waals surface area contributed by atoms with Gasteiger partial charge in [-0.1, -0.05) is 5.04 Å². The van der Waals surface area contributed by atoms with E-state index >= 15 is 0 Å². The Bertz CT molecular complexity index is 897. The van der Waals surface area contributed by atoms with Gasteiger partial charge >= 0.3 is 5.97 Å². The molecule has 0 radical (unpaired) electrons.